The van der Waals surface area contributed by atoms with Gasteiger partial charge in [-0.2, -0.15) is 0 Å². The van der Waals surface area contributed by atoms with Gasteiger partial charge < -0.3 is 25.4 Å². The molecule has 1 aromatic carbocycles. The second-order valence-corrected chi connectivity index (χ2v) is 6.56. The van der Waals surface area contributed by atoms with Crippen molar-refractivity contribution in [3.05, 3.63) is 24.3 Å². The van der Waals surface area contributed by atoms with Crippen molar-refractivity contribution in [1.82, 2.24) is 10.6 Å². The molecule has 0 aromatic heterocycles. The van der Waals surface area contributed by atoms with Gasteiger partial charge in [0, 0.05) is 13.1 Å². The van der Waals surface area contributed by atoms with E-state index in [2.05, 4.69) is 22.9 Å². The number of hydrogen-bond donors (Lipinski definition) is 3. The molecule has 0 radical (unpaired) electrons. The Morgan fingerprint density at radius 2 is 1.83 bits per heavy atom. The molecule has 0 saturated carbocycles. The second-order valence-electron chi connectivity index (χ2n) is 6.15. The average Bonchev–Trinajstić information content (AvgIpc) is 2.49. The van der Waals surface area contributed by atoms with E-state index in [4.69, 9.17) is 21.7 Å². The van der Waals surface area contributed by atoms with E-state index in [1.54, 1.807) is 0 Å². The van der Waals surface area contributed by atoms with Crippen molar-refractivity contribution in [2.24, 2.45) is 0 Å². The molecule has 0 aliphatic rings. The molecule has 134 valence electrons. The number of amides is 1. The standard InChI is InChI=1S/C17H27N3O3S/c1-5-12-22-14-9-7-6-8-13(14)20-15(24)18-10-11-19-16(21)23-17(2,3)4/h6-9H,5,10-12H2,1-4H3,(H,19,21)(H2,18,20,24). The molecular formula is C17H27N3O3S. The lowest BCUT2D eigenvalue weighted by atomic mass is 10.2. The van der Waals surface area contributed by atoms with Crippen molar-refractivity contribution >= 4 is 29.1 Å². The van der Waals surface area contributed by atoms with Gasteiger partial charge in [0.25, 0.3) is 0 Å². The van der Waals surface area contributed by atoms with Crippen molar-refractivity contribution in [3.63, 3.8) is 0 Å². The number of carbonyl (C=O) groups is 1. The Kier molecular flexibility index (Phi) is 8.32. The first-order valence-electron chi connectivity index (χ1n) is 8.05. The van der Waals surface area contributed by atoms with Crippen molar-refractivity contribution in [2.45, 2.75) is 39.7 Å². The summed E-state index contributed by atoms with van der Waals surface area (Å²) in [6.45, 7) is 9.07. The third-order valence-corrected chi connectivity index (χ3v) is 2.92. The summed E-state index contributed by atoms with van der Waals surface area (Å²) in [6.07, 6.45) is 0.495. The van der Waals surface area contributed by atoms with Crippen LogP contribution in [0.15, 0.2) is 24.3 Å². The van der Waals surface area contributed by atoms with Crippen LogP contribution in [0.4, 0.5) is 10.5 Å². The van der Waals surface area contributed by atoms with E-state index in [9.17, 15) is 4.79 Å². The topological polar surface area (TPSA) is 71.6 Å². The number of para-hydroxylation sites is 2. The Morgan fingerprint density at radius 3 is 2.50 bits per heavy atom. The number of benzene rings is 1. The van der Waals surface area contributed by atoms with Crippen LogP contribution in [-0.4, -0.2) is 36.5 Å². The van der Waals surface area contributed by atoms with Crippen LogP contribution in [0.5, 0.6) is 5.75 Å². The van der Waals surface area contributed by atoms with E-state index in [-0.39, 0.29) is 0 Å². The Labute approximate surface area is 149 Å². The van der Waals surface area contributed by atoms with Crippen LogP contribution in [0.25, 0.3) is 0 Å². The molecule has 6 nitrogen and oxygen atoms in total. The molecule has 0 saturated heterocycles. The Bertz CT molecular complexity index is 544. The summed E-state index contributed by atoms with van der Waals surface area (Å²) in [5.74, 6) is 0.760. The van der Waals surface area contributed by atoms with Crippen LogP contribution in [0.2, 0.25) is 0 Å². The highest BCUT2D eigenvalue weighted by molar-refractivity contribution is 7.80. The smallest absolute Gasteiger partial charge is 0.407 e. The summed E-state index contributed by atoms with van der Waals surface area (Å²) in [4.78, 5) is 11.5. The molecule has 0 spiro atoms. The highest BCUT2D eigenvalue weighted by Crippen LogP contribution is 2.23. The van der Waals surface area contributed by atoms with E-state index in [0.29, 0.717) is 24.8 Å². The van der Waals surface area contributed by atoms with Crippen LogP contribution in [0, 0.1) is 0 Å². The lowest BCUT2D eigenvalue weighted by Gasteiger charge is -2.20. The fourth-order valence-corrected chi connectivity index (χ4v) is 1.94. The fourth-order valence-electron chi connectivity index (χ4n) is 1.73. The lowest BCUT2D eigenvalue weighted by molar-refractivity contribution is 0.0529. The molecule has 0 aliphatic heterocycles. The minimum atomic E-state index is -0.503. The van der Waals surface area contributed by atoms with E-state index in [1.165, 1.54) is 0 Å². The molecule has 1 rings (SSSR count). The summed E-state index contributed by atoms with van der Waals surface area (Å²) in [5.41, 5.74) is 0.305. The van der Waals surface area contributed by atoms with Crippen LogP contribution in [0.1, 0.15) is 34.1 Å². The van der Waals surface area contributed by atoms with E-state index in [0.717, 1.165) is 17.9 Å². The van der Waals surface area contributed by atoms with Gasteiger partial charge in [0.05, 0.1) is 12.3 Å². The number of hydrogen-bond acceptors (Lipinski definition) is 4. The van der Waals surface area contributed by atoms with Gasteiger partial charge in [-0.15, -0.1) is 0 Å². The molecule has 0 atom stereocenters. The average molecular weight is 353 g/mol. The number of thiocarbonyl (C=S) groups is 1. The quantitative estimate of drug-likeness (QED) is 0.516. The predicted molar refractivity (Wildman–Crippen MR) is 101 cm³/mol. The maximum atomic E-state index is 11.5. The summed E-state index contributed by atoms with van der Waals surface area (Å²) >= 11 is 5.25. The summed E-state index contributed by atoms with van der Waals surface area (Å²) < 4.78 is 10.8. The summed E-state index contributed by atoms with van der Waals surface area (Å²) in [6, 6.07) is 7.62. The monoisotopic (exact) mass is 353 g/mol. The highest BCUT2D eigenvalue weighted by atomic mass is 32.1. The zero-order valence-corrected chi connectivity index (χ0v) is 15.6. The highest BCUT2D eigenvalue weighted by Gasteiger charge is 2.15. The minimum absolute atomic E-state index is 0.407. The SMILES string of the molecule is CCCOc1ccccc1NC(=S)NCCNC(=O)OC(C)(C)C. The van der Waals surface area contributed by atoms with Crippen LogP contribution in [-0.2, 0) is 4.74 Å². The normalized spacial score (nSPS) is 10.7. The molecule has 1 amide bonds. The molecule has 0 bridgehead atoms. The van der Waals surface area contributed by atoms with Gasteiger partial charge in [-0.1, -0.05) is 19.1 Å². The van der Waals surface area contributed by atoms with Gasteiger partial charge in [0.15, 0.2) is 5.11 Å². The number of rotatable bonds is 7. The molecule has 1 aromatic rings. The number of alkyl carbamates (subject to hydrolysis) is 1. The molecular weight excluding hydrogens is 326 g/mol. The van der Waals surface area contributed by atoms with Crippen molar-refractivity contribution in [1.29, 1.82) is 0 Å². The van der Waals surface area contributed by atoms with Gasteiger partial charge in [0.2, 0.25) is 0 Å². The van der Waals surface area contributed by atoms with E-state index < -0.39 is 11.7 Å². The molecule has 0 heterocycles. The summed E-state index contributed by atoms with van der Waals surface area (Å²) in [5, 5.41) is 9.25. The van der Waals surface area contributed by atoms with Crippen LogP contribution >= 0.6 is 12.2 Å². The number of anilines is 1. The predicted octanol–water partition coefficient (Wildman–Crippen LogP) is 3.29. The van der Waals surface area contributed by atoms with Crippen molar-refractivity contribution in [2.75, 3.05) is 25.0 Å². The largest absolute Gasteiger partial charge is 0.491 e. The molecule has 0 aliphatic carbocycles. The molecule has 0 fully saturated rings. The Morgan fingerprint density at radius 1 is 1.17 bits per heavy atom. The van der Waals surface area contributed by atoms with Gasteiger partial charge >= 0.3 is 6.09 Å². The van der Waals surface area contributed by atoms with Crippen molar-refractivity contribution in [3.8, 4) is 5.75 Å². The van der Waals surface area contributed by atoms with Gasteiger partial charge in [-0.25, -0.2) is 4.79 Å². The summed E-state index contributed by atoms with van der Waals surface area (Å²) in [7, 11) is 0. The maximum Gasteiger partial charge on any atom is 0.407 e. The lowest BCUT2D eigenvalue weighted by Crippen LogP contribution is -2.39. The van der Waals surface area contributed by atoms with E-state index in [1.807, 2.05) is 45.0 Å². The van der Waals surface area contributed by atoms with Gasteiger partial charge in [-0.3, -0.25) is 0 Å². The number of nitrogens with one attached hydrogen (secondary N) is 3. The van der Waals surface area contributed by atoms with Crippen LogP contribution < -0.4 is 20.7 Å². The number of carbonyl (C=O) groups excluding carboxylic acids is 1. The first-order valence-corrected chi connectivity index (χ1v) is 8.46. The molecule has 24 heavy (non-hydrogen) atoms. The van der Waals surface area contributed by atoms with Crippen LogP contribution in [0.3, 0.4) is 0 Å². The van der Waals surface area contributed by atoms with Gasteiger partial charge in [0.1, 0.15) is 11.4 Å². The third-order valence-electron chi connectivity index (χ3n) is 2.68. The molecule has 7 heteroatoms. The Balaban J connectivity index is 2.33. The first kappa shape index (κ1) is 20.0. The maximum absolute atomic E-state index is 11.5. The fraction of sp³-hybridized carbons (Fsp3) is 0.529. The third kappa shape index (κ3) is 8.57. The van der Waals surface area contributed by atoms with Crippen molar-refractivity contribution < 1.29 is 14.3 Å². The van der Waals surface area contributed by atoms with E-state index >= 15 is 0 Å². The minimum Gasteiger partial charge on any atom is -0.491 e. The molecule has 0 unspecified atom stereocenters. The zero-order chi connectivity index (χ0) is 18.0. The Hall–Kier alpha value is -2.02. The van der Waals surface area contributed by atoms with Gasteiger partial charge in [-0.05, 0) is 51.5 Å². The first-order chi connectivity index (χ1) is 11.3. The number of ether oxygens (including phenoxy) is 2. The second kappa shape index (κ2) is 9.97. The zero-order valence-electron chi connectivity index (χ0n) is 14.8. The molecule has 3 N–H and O–H groups in total.